The third-order valence-corrected chi connectivity index (χ3v) is 6.22. The summed E-state index contributed by atoms with van der Waals surface area (Å²) in [5, 5.41) is 14.0. The van der Waals surface area contributed by atoms with E-state index in [1.807, 2.05) is 12.1 Å². The van der Waals surface area contributed by atoms with Crippen molar-refractivity contribution in [2.45, 2.75) is 25.3 Å². The van der Waals surface area contributed by atoms with Gasteiger partial charge in [0.05, 0.1) is 12.0 Å². The molecule has 0 aromatic heterocycles. The van der Waals surface area contributed by atoms with Crippen LogP contribution in [0.15, 0.2) is 115 Å². The monoisotopic (exact) mass is 430 g/mol. The minimum absolute atomic E-state index is 0.187. The summed E-state index contributed by atoms with van der Waals surface area (Å²) in [6, 6.07) is 42.5. The lowest BCUT2D eigenvalue weighted by Crippen LogP contribution is -2.27. The highest BCUT2D eigenvalue weighted by molar-refractivity contribution is 5.68. The minimum atomic E-state index is -0.187. The molecular formula is C31H30N2. The molecule has 4 aromatic rings. The first-order valence-corrected chi connectivity index (χ1v) is 11.7. The maximum atomic E-state index is 10.4. The highest BCUT2D eigenvalue weighted by Gasteiger charge is 2.25. The predicted octanol–water partition coefficient (Wildman–Crippen LogP) is 7.00. The Hall–Kier alpha value is -3.67. The van der Waals surface area contributed by atoms with Crippen LogP contribution in [-0.2, 0) is 13.0 Å². The number of aryl methyl sites for hydroxylation is 1. The number of nitrogens with one attached hydrogen (secondary N) is 1. The van der Waals surface area contributed by atoms with Crippen molar-refractivity contribution in [3.05, 3.63) is 132 Å². The van der Waals surface area contributed by atoms with Crippen molar-refractivity contribution in [1.29, 1.82) is 5.26 Å². The average molecular weight is 431 g/mol. The van der Waals surface area contributed by atoms with Crippen molar-refractivity contribution in [2.24, 2.45) is 5.92 Å². The zero-order chi connectivity index (χ0) is 22.7. The molecule has 2 nitrogen and oxygen atoms in total. The van der Waals surface area contributed by atoms with E-state index in [2.05, 4.69) is 115 Å². The summed E-state index contributed by atoms with van der Waals surface area (Å²) in [6.45, 7) is 1.60. The van der Waals surface area contributed by atoms with E-state index in [1.165, 1.54) is 11.1 Å². The molecule has 164 valence electrons. The van der Waals surface area contributed by atoms with Gasteiger partial charge >= 0.3 is 0 Å². The number of hydrogen-bond acceptors (Lipinski definition) is 2. The van der Waals surface area contributed by atoms with E-state index in [9.17, 15) is 5.26 Å². The van der Waals surface area contributed by atoms with E-state index >= 15 is 0 Å². The van der Waals surface area contributed by atoms with Crippen molar-refractivity contribution in [3.8, 4) is 17.2 Å². The zero-order valence-electron chi connectivity index (χ0n) is 18.9. The molecule has 0 aliphatic rings. The van der Waals surface area contributed by atoms with E-state index < -0.39 is 0 Å². The molecule has 2 atom stereocenters. The molecule has 33 heavy (non-hydrogen) atoms. The molecule has 1 N–H and O–H groups in total. The topological polar surface area (TPSA) is 35.8 Å². The van der Waals surface area contributed by atoms with Crippen LogP contribution in [0.1, 0.15) is 29.0 Å². The van der Waals surface area contributed by atoms with Gasteiger partial charge in [0.2, 0.25) is 0 Å². The average Bonchev–Trinajstić information content (AvgIpc) is 2.89. The Morgan fingerprint density at radius 2 is 1.24 bits per heavy atom. The van der Waals surface area contributed by atoms with E-state index in [-0.39, 0.29) is 11.8 Å². The first-order chi connectivity index (χ1) is 16.3. The van der Waals surface area contributed by atoms with Gasteiger partial charge in [-0.1, -0.05) is 115 Å². The van der Waals surface area contributed by atoms with Gasteiger partial charge in [-0.05, 0) is 53.1 Å². The van der Waals surface area contributed by atoms with Crippen LogP contribution in [0.4, 0.5) is 0 Å². The Kier molecular flexibility index (Phi) is 8.06. The summed E-state index contributed by atoms with van der Waals surface area (Å²) in [5.41, 5.74) is 6.01. The van der Waals surface area contributed by atoms with Crippen molar-refractivity contribution >= 4 is 0 Å². The molecule has 4 rings (SSSR count). The van der Waals surface area contributed by atoms with E-state index in [4.69, 9.17) is 0 Å². The van der Waals surface area contributed by atoms with Gasteiger partial charge in [-0.3, -0.25) is 0 Å². The van der Waals surface area contributed by atoms with Crippen LogP contribution in [0, 0.1) is 17.2 Å². The van der Waals surface area contributed by atoms with Gasteiger partial charge in [0.1, 0.15) is 0 Å². The molecule has 0 saturated heterocycles. The lowest BCUT2D eigenvalue weighted by molar-refractivity contribution is 0.415. The molecule has 0 bridgehead atoms. The van der Waals surface area contributed by atoms with Crippen molar-refractivity contribution in [2.75, 3.05) is 6.54 Å². The largest absolute Gasteiger partial charge is 0.312 e. The fourth-order valence-electron chi connectivity index (χ4n) is 4.46. The highest BCUT2D eigenvalue weighted by atomic mass is 14.9. The summed E-state index contributed by atoms with van der Waals surface area (Å²) >= 11 is 0. The molecule has 0 aliphatic heterocycles. The van der Waals surface area contributed by atoms with Crippen LogP contribution in [0.25, 0.3) is 11.1 Å². The van der Waals surface area contributed by atoms with Gasteiger partial charge in [0, 0.05) is 6.54 Å². The maximum Gasteiger partial charge on any atom is 0.0759 e. The molecule has 0 heterocycles. The van der Waals surface area contributed by atoms with Crippen LogP contribution in [0.3, 0.4) is 0 Å². The third kappa shape index (κ3) is 6.19. The van der Waals surface area contributed by atoms with Gasteiger partial charge in [-0.2, -0.15) is 5.26 Å². The molecule has 0 spiro atoms. The zero-order valence-corrected chi connectivity index (χ0v) is 18.9. The Morgan fingerprint density at radius 3 is 1.91 bits per heavy atom. The number of hydrogen-bond donors (Lipinski definition) is 1. The van der Waals surface area contributed by atoms with Crippen LogP contribution in [0.2, 0.25) is 0 Å². The van der Waals surface area contributed by atoms with E-state index in [0.29, 0.717) is 0 Å². The van der Waals surface area contributed by atoms with Crippen LogP contribution < -0.4 is 5.32 Å². The molecular weight excluding hydrogens is 400 g/mol. The molecule has 0 fully saturated rings. The lowest BCUT2D eigenvalue weighted by Gasteiger charge is -2.25. The smallest absolute Gasteiger partial charge is 0.0759 e. The maximum absolute atomic E-state index is 10.4. The van der Waals surface area contributed by atoms with Crippen molar-refractivity contribution in [3.63, 3.8) is 0 Å². The van der Waals surface area contributed by atoms with Crippen LogP contribution in [-0.4, -0.2) is 6.54 Å². The molecule has 0 aliphatic carbocycles. The quantitative estimate of drug-likeness (QED) is 0.294. The molecule has 0 amide bonds. The second-order valence-electron chi connectivity index (χ2n) is 8.46. The molecule has 2 unspecified atom stereocenters. The number of nitriles is 1. The number of rotatable bonds is 10. The Bertz CT molecular complexity index is 1150. The SMILES string of the molecule is N#CC(c1ccccc1-c1ccccc1)C(CCc1ccccc1)CNCc1ccccc1. The summed E-state index contributed by atoms with van der Waals surface area (Å²) in [5.74, 6) is 0.0113. The number of nitrogens with zero attached hydrogens (tertiary/aromatic N) is 1. The normalized spacial score (nSPS) is 12.6. The van der Waals surface area contributed by atoms with Gasteiger partial charge < -0.3 is 5.32 Å². The number of benzene rings is 4. The van der Waals surface area contributed by atoms with E-state index in [1.54, 1.807) is 0 Å². The van der Waals surface area contributed by atoms with Gasteiger partial charge in [-0.15, -0.1) is 0 Å². The second-order valence-corrected chi connectivity index (χ2v) is 8.46. The van der Waals surface area contributed by atoms with Crippen molar-refractivity contribution in [1.82, 2.24) is 5.32 Å². The Labute approximate surface area is 197 Å². The summed E-state index contributed by atoms with van der Waals surface area (Å²) in [6.07, 6.45) is 1.91. The van der Waals surface area contributed by atoms with Crippen LogP contribution >= 0.6 is 0 Å². The lowest BCUT2D eigenvalue weighted by atomic mass is 9.80. The summed E-state index contributed by atoms with van der Waals surface area (Å²) < 4.78 is 0. The molecule has 0 radical (unpaired) electrons. The summed E-state index contributed by atoms with van der Waals surface area (Å²) in [7, 11) is 0. The third-order valence-electron chi connectivity index (χ3n) is 6.22. The van der Waals surface area contributed by atoms with Gasteiger partial charge in [-0.25, -0.2) is 0 Å². The van der Waals surface area contributed by atoms with E-state index in [0.717, 1.165) is 42.6 Å². The Balaban J connectivity index is 1.58. The summed E-state index contributed by atoms with van der Waals surface area (Å²) in [4.78, 5) is 0. The molecule has 4 aromatic carbocycles. The Morgan fingerprint density at radius 1 is 0.667 bits per heavy atom. The second kappa shape index (κ2) is 11.8. The minimum Gasteiger partial charge on any atom is -0.312 e. The highest BCUT2D eigenvalue weighted by Crippen LogP contribution is 2.35. The van der Waals surface area contributed by atoms with Gasteiger partial charge in [0.15, 0.2) is 0 Å². The van der Waals surface area contributed by atoms with Crippen LogP contribution in [0.5, 0.6) is 0 Å². The van der Waals surface area contributed by atoms with Crippen molar-refractivity contribution < 1.29 is 0 Å². The standard InChI is InChI=1S/C31H30N2/c32-22-31(30-19-11-10-18-29(30)27-16-8-3-9-17-27)28(21-20-25-12-4-1-5-13-25)24-33-23-26-14-6-2-7-15-26/h1-19,28,31,33H,20-21,23-24H2. The predicted molar refractivity (Wildman–Crippen MR) is 137 cm³/mol. The molecule has 2 heteroatoms. The fraction of sp³-hybridized carbons (Fsp3) is 0.194. The fourth-order valence-corrected chi connectivity index (χ4v) is 4.46. The first-order valence-electron chi connectivity index (χ1n) is 11.7. The first kappa shape index (κ1) is 22.5. The van der Waals surface area contributed by atoms with Gasteiger partial charge in [0.25, 0.3) is 0 Å². The molecule has 0 saturated carbocycles.